The molecule has 2 heterocycles. The number of nitrogens with one attached hydrogen (secondary N) is 1. The third kappa shape index (κ3) is 4.57. The zero-order valence-electron chi connectivity index (χ0n) is 16.4. The first kappa shape index (κ1) is 20.8. The maximum absolute atomic E-state index is 12.8. The summed E-state index contributed by atoms with van der Waals surface area (Å²) in [4.78, 5) is 15.3. The van der Waals surface area contributed by atoms with Gasteiger partial charge in [-0.3, -0.25) is 4.79 Å². The average molecular weight is 401 g/mol. The number of fused-ring (bicyclic) bond motifs is 1. The van der Waals surface area contributed by atoms with Crippen LogP contribution in [0.5, 0.6) is 5.75 Å². The van der Waals surface area contributed by atoms with Gasteiger partial charge >= 0.3 is 0 Å². The first-order valence-corrected chi connectivity index (χ1v) is 9.93. The van der Waals surface area contributed by atoms with Gasteiger partial charge in [0.15, 0.2) is 5.78 Å². The van der Waals surface area contributed by atoms with Crippen LogP contribution in [0.3, 0.4) is 0 Å². The Morgan fingerprint density at radius 2 is 1.82 bits per heavy atom. The van der Waals surface area contributed by atoms with E-state index in [-0.39, 0.29) is 23.8 Å². The van der Waals surface area contributed by atoms with Gasteiger partial charge in [-0.1, -0.05) is 36.4 Å². The summed E-state index contributed by atoms with van der Waals surface area (Å²) in [5.74, 6) is 0.996. The molecule has 1 N–H and O–H groups in total. The lowest BCUT2D eigenvalue weighted by molar-refractivity contribution is -0.00868. The minimum atomic E-state index is -0.308. The molecule has 0 radical (unpaired) electrons. The molecule has 150 valence electrons. The average Bonchev–Trinajstić information content (AvgIpc) is 2.69. The number of likely N-dealkylation sites (tertiary alicyclic amines) is 1. The third-order valence-electron chi connectivity index (χ3n) is 5.86. The molecule has 0 atom stereocenters. The van der Waals surface area contributed by atoms with Gasteiger partial charge in [0.1, 0.15) is 11.4 Å². The van der Waals surface area contributed by atoms with Gasteiger partial charge in [-0.05, 0) is 36.7 Å². The fraction of sp³-hybridized carbons (Fsp3) is 0.435. The highest BCUT2D eigenvalue weighted by Crippen LogP contribution is 2.39. The second-order valence-corrected chi connectivity index (χ2v) is 7.82. The van der Waals surface area contributed by atoms with Crippen LogP contribution in [-0.4, -0.2) is 43.0 Å². The molecule has 0 saturated carbocycles. The van der Waals surface area contributed by atoms with Crippen molar-refractivity contribution in [3.8, 4) is 5.75 Å². The Kier molecular flexibility index (Phi) is 6.76. The minimum absolute atomic E-state index is 0. The van der Waals surface area contributed by atoms with E-state index in [4.69, 9.17) is 4.74 Å². The number of piperidine rings is 1. The van der Waals surface area contributed by atoms with Crippen LogP contribution < -0.4 is 10.1 Å². The first-order chi connectivity index (χ1) is 13.2. The van der Waals surface area contributed by atoms with Crippen LogP contribution in [0.15, 0.2) is 48.5 Å². The van der Waals surface area contributed by atoms with Gasteiger partial charge in [-0.2, -0.15) is 0 Å². The molecule has 1 spiro atoms. The van der Waals surface area contributed by atoms with E-state index in [1.54, 1.807) is 0 Å². The number of carbonyl (C=O) groups excluding carboxylic acids is 1. The van der Waals surface area contributed by atoms with E-state index < -0.39 is 0 Å². The predicted octanol–water partition coefficient (Wildman–Crippen LogP) is 3.87. The van der Waals surface area contributed by atoms with Gasteiger partial charge in [0, 0.05) is 39.0 Å². The summed E-state index contributed by atoms with van der Waals surface area (Å²) in [6.45, 7) is 3.82. The minimum Gasteiger partial charge on any atom is -0.486 e. The van der Waals surface area contributed by atoms with Crippen molar-refractivity contribution in [2.75, 3.05) is 26.7 Å². The standard InChI is InChI=1S/C23H28N2O2.ClH/c1-24-17-19-7-8-22-20(15-19)21(26)16-23(27-22)10-13-25(14-11-23)12-9-18-5-3-2-4-6-18;/h2-8,15,24H,9-14,16-17H2,1H3;1H. The van der Waals surface area contributed by atoms with E-state index in [0.717, 1.165) is 62.3 Å². The lowest BCUT2D eigenvalue weighted by atomic mass is 9.82. The fourth-order valence-corrected chi connectivity index (χ4v) is 4.25. The number of benzene rings is 2. The maximum Gasteiger partial charge on any atom is 0.170 e. The maximum atomic E-state index is 12.8. The lowest BCUT2D eigenvalue weighted by Gasteiger charge is -2.44. The molecule has 4 nitrogen and oxygen atoms in total. The van der Waals surface area contributed by atoms with E-state index in [9.17, 15) is 4.79 Å². The van der Waals surface area contributed by atoms with Gasteiger partial charge in [0.05, 0.1) is 12.0 Å². The number of carbonyl (C=O) groups is 1. The van der Waals surface area contributed by atoms with Crippen LogP contribution in [0, 0.1) is 0 Å². The molecule has 2 aromatic carbocycles. The Morgan fingerprint density at radius 3 is 2.54 bits per heavy atom. The molecule has 0 unspecified atom stereocenters. The largest absolute Gasteiger partial charge is 0.486 e. The van der Waals surface area contributed by atoms with E-state index in [1.807, 2.05) is 19.2 Å². The summed E-state index contributed by atoms with van der Waals surface area (Å²) >= 11 is 0. The lowest BCUT2D eigenvalue weighted by Crippen LogP contribution is -2.51. The molecule has 0 aromatic heterocycles. The number of nitrogens with zero attached hydrogens (tertiary/aromatic N) is 1. The van der Waals surface area contributed by atoms with Gasteiger partial charge in [0.2, 0.25) is 0 Å². The Labute approximate surface area is 173 Å². The van der Waals surface area contributed by atoms with Crippen molar-refractivity contribution >= 4 is 18.2 Å². The van der Waals surface area contributed by atoms with Crippen LogP contribution >= 0.6 is 12.4 Å². The second kappa shape index (κ2) is 9.08. The fourth-order valence-electron chi connectivity index (χ4n) is 4.25. The predicted molar refractivity (Wildman–Crippen MR) is 115 cm³/mol. The van der Waals surface area contributed by atoms with Gasteiger partial charge < -0.3 is 15.0 Å². The third-order valence-corrected chi connectivity index (χ3v) is 5.86. The zero-order valence-corrected chi connectivity index (χ0v) is 17.3. The summed E-state index contributed by atoms with van der Waals surface area (Å²) in [7, 11) is 1.92. The molecular formula is C23H29ClN2O2. The second-order valence-electron chi connectivity index (χ2n) is 7.82. The molecule has 4 rings (SSSR count). The van der Waals surface area contributed by atoms with Crippen molar-refractivity contribution in [1.82, 2.24) is 10.2 Å². The summed E-state index contributed by atoms with van der Waals surface area (Å²) in [5, 5.41) is 3.13. The van der Waals surface area contributed by atoms with Gasteiger partial charge in [0.25, 0.3) is 0 Å². The summed E-state index contributed by atoms with van der Waals surface area (Å²) in [5.41, 5.74) is 2.95. The molecule has 2 aromatic rings. The van der Waals surface area contributed by atoms with Crippen LogP contribution in [0.2, 0.25) is 0 Å². The summed E-state index contributed by atoms with van der Waals surface area (Å²) < 4.78 is 6.41. The molecule has 2 aliphatic rings. The van der Waals surface area contributed by atoms with Gasteiger partial charge in [-0.15, -0.1) is 12.4 Å². The van der Waals surface area contributed by atoms with Crippen LogP contribution in [0.1, 0.15) is 40.7 Å². The highest BCUT2D eigenvalue weighted by Gasteiger charge is 2.42. The quantitative estimate of drug-likeness (QED) is 0.827. The number of hydrogen-bond donors (Lipinski definition) is 1. The Balaban J connectivity index is 0.00000225. The van der Waals surface area contributed by atoms with Crippen LogP contribution in [0.4, 0.5) is 0 Å². The van der Waals surface area contributed by atoms with E-state index in [0.29, 0.717) is 6.42 Å². The zero-order chi connectivity index (χ0) is 18.7. The van der Waals surface area contributed by atoms with E-state index in [1.165, 1.54) is 5.56 Å². The highest BCUT2D eigenvalue weighted by atomic mass is 35.5. The number of Topliss-reactive ketones (excluding diaryl/α,β-unsaturated/α-hetero) is 1. The van der Waals surface area contributed by atoms with E-state index >= 15 is 0 Å². The van der Waals surface area contributed by atoms with Crippen molar-refractivity contribution in [1.29, 1.82) is 0 Å². The summed E-state index contributed by atoms with van der Waals surface area (Å²) in [6, 6.07) is 16.6. The first-order valence-electron chi connectivity index (χ1n) is 9.93. The molecular weight excluding hydrogens is 372 g/mol. The monoisotopic (exact) mass is 400 g/mol. The Morgan fingerprint density at radius 1 is 1.07 bits per heavy atom. The molecule has 1 saturated heterocycles. The number of halogens is 1. The number of hydrogen-bond acceptors (Lipinski definition) is 4. The Bertz CT molecular complexity index is 802. The smallest absolute Gasteiger partial charge is 0.170 e. The number of rotatable bonds is 5. The number of ketones is 1. The molecule has 0 aliphatic carbocycles. The van der Waals surface area contributed by atoms with Crippen molar-refractivity contribution in [3.63, 3.8) is 0 Å². The Hall–Kier alpha value is -1.88. The topological polar surface area (TPSA) is 41.6 Å². The van der Waals surface area contributed by atoms with E-state index in [2.05, 4.69) is 46.6 Å². The SMILES string of the molecule is CNCc1ccc2c(c1)C(=O)CC1(CCN(CCc3ccccc3)CC1)O2.Cl. The van der Waals surface area contributed by atoms with Crippen LogP contribution in [-0.2, 0) is 13.0 Å². The van der Waals surface area contributed by atoms with Gasteiger partial charge in [-0.25, -0.2) is 0 Å². The molecule has 5 heteroatoms. The summed E-state index contributed by atoms with van der Waals surface area (Å²) in [6.07, 6.45) is 3.43. The number of ether oxygens (including phenoxy) is 1. The van der Waals surface area contributed by atoms with Crippen molar-refractivity contribution in [3.05, 3.63) is 65.2 Å². The molecule has 2 aliphatic heterocycles. The molecule has 1 fully saturated rings. The van der Waals surface area contributed by atoms with Crippen LogP contribution in [0.25, 0.3) is 0 Å². The van der Waals surface area contributed by atoms with Crippen molar-refractivity contribution in [2.45, 2.75) is 37.8 Å². The molecule has 0 amide bonds. The molecule has 28 heavy (non-hydrogen) atoms. The van der Waals surface area contributed by atoms with Crippen molar-refractivity contribution < 1.29 is 9.53 Å². The highest BCUT2D eigenvalue weighted by molar-refractivity contribution is 6.00. The molecule has 0 bridgehead atoms. The van der Waals surface area contributed by atoms with Crippen molar-refractivity contribution in [2.24, 2.45) is 0 Å². The normalized spacial score (nSPS) is 18.2.